The molecule has 0 aliphatic carbocycles. The van der Waals surface area contributed by atoms with E-state index in [9.17, 15) is 8.42 Å². The number of hydrogen-bond donors (Lipinski definition) is 2. The van der Waals surface area contributed by atoms with Gasteiger partial charge in [0.15, 0.2) is 0 Å². The molecule has 0 atom stereocenters. The lowest BCUT2D eigenvalue weighted by Gasteiger charge is -2.11. The van der Waals surface area contributed by atoms with E-state index in [1.165, 1.54) is 18.2 Å². The molecular weight excluding hydrogens is 310 g/mol. The van der Waals surface area contributed by atoms with Crippen LogP contribution in [-0.4, -0.2) is 13.4 Å². The fourth-order valence-electron chi connectivity index (χ4n) is 1.87. The summed E-state index contributed by atoms with van der Waals surface area (Å²) in [5, 5.41) is 0.449. The number of anilines is 1. The molecule has 0 saturated heterocycles. The summed E-state index contributed by atoms with van der Waals surface area (Å²) in [6.07, 6.45) is 0. The van der Waals surface area contributed by atoms with Crippen LogP contribution in [0.5, 0.6) is 0 Å². The molecule has 1 aromatic heterocycles. The highest BCUT2D eigenvalue weighted by molar-refractivity contribution is 7.92. The highest BCUT2D eigenvalue weighted by Crippen LogP contribution is 2.23. The van der Waals surface area contributed by atoms with E-state index in [4.69, 9.17) is 17.3 Å². The van der Waals surface area contributed by atoms with Gasteiger partial charge in [0.25, 0.3) is 10.0 Å². The van der Waals surface area contributed by atoms with Crippen LogP contribution in [0.4, 0.5) is 5.69 Å². The second-order valence-electron chi connectivity index (χ2n) is 4.65. The van der Waals surface area contributed by atoms with Crippen molar-refractivity contribution in [2.24, 2.45) is 5.73 Å². The number of aryl methyl sites for hydroxylation is 2. The first-order valence-corrected chi connectivity index (χ1v) is 8.15. The van der Waals surface area contributed by atoms with Crippen molar-refractivity contribution in [1.29, 1.82) is 0 Å². The molecule has 1 aromatic carbocycles. The van der Waals surface area contributed by atoms with E-state index in [1.807, 2.05) is 6.92 Å². The van der Waals surface area contributed by atoms with Gasteiger partial charge in [0.2, 0.25) is 0 Å². The normalized spacial score (nSPS) is 11.4. The van der Waals surface area contributed by atoms with E-state index in [2.05, 4.69) is 9.71 Å². The number of nitrogens with zero attached hydrogens (tertiary/aromatic N) is 1. The second-order valence-corrected chi connectivity index (χ2v) is 6.74. The van der Waals surface area contributed by atoms with Crippen LogP contribution in [0.15, 0.2) is 35.2 Å². The fourth-order valence-corrected chi connectivity index (χ4v) is 3.24. The van der Waals surface area contributed by atoms with Gasteiger partial charge in [-0.15, -0.1) is 0 Å². The standard InChI is InChI=1S/C14H16ClN3O2S/c1-9-3-6-14(10(2)17-9)18-21(19,20)12-4-5-13(15)11(7-12)8-16/h3-7,18H,8,16H2,1-2H3. The van der Waals surface area contributed by atoms with Gasteiger partial charge in [0.1, 0.15) is 0 Å². The summed E-state index contributed by atoms with van der Waals surface area (Å²) in [7, 11) is -3.70. The quantitative estimate of drug-likeness (QED) is 0.904. The van der Waals surface area contributed by atoms with Gasteiger partial charge >= 0.3 is 0 Å². The molecule has 0 amide bonds. The number of rotatable bonds is 4. The van der Waals surface area contributed by atoms with E-state index in [0.717, 1.165) is 5.69 Å². The summed E-state index contributed by atoms with van der Waals surface area (Å²) in [6.45, 7) is 3.77. The monoisotopic (exact) mass is 325 g/mol. The third-order valence-corrected chi connectivity index (χ3v) is 4.75. The molecule has 0 radical (unpaired) electrons. The highest BCUT2D eigenvalue weighted by Gasteiger charge is 2.17. The molecule has 112 valence electrons. The van der Waals surface area contributed by atoms with Gasteiger partial charge in [-0.2, -0.15) is 0 Å². The van der Waals surface area contributed by atoms with Crippen molar-refractivity contribution in [3.63, 3.8) is 0 Å². The van der Waals surface area contributed by atoms with E-state index < -0.39 is 10.0 Å². The molecule has 0 fully saturated rings. The smallest absolute Gasteiger partial charge is 0.261 e. The largest absolute Gasteiger partial charge is 0.326 e. The van der Waals surface area contributed by atoms with Crippen LogP contribution in [0, 0.1) is 13.8 Å². The molecule has 0 spiro atoms. The number of halogens is 1. The van der Waals surface area contributed by atoms with Gasteiger partial charge in [-0.25, -0.2) is 8.42 Å². The van der Waals surface area contributed by atoms with Crippen molar-refractivity contribution in [1.82, 2.24) is 4.98 Å². The molecule has 0 aliphatic rings. The van der Waals surface area contributed by atoms with E-state index >= 15 is 0 Å². The van der Waals surface area contributed by atoms with Gasteiger partial charge in [0, 0.05) is 17.3 Å². The Bertz CT molecular complexity index is 776. The predicted molar refractivity (Wildman–Crippen MR) is 83.9 cm³/mol. The van der Waals surface area contributed by atoms with Gasteiger partial charge < -0.3 is 5.73 Å². The average molecular weight is 326 g/mol. The first-order valence-electron chi connectivity index (χ1n) is 6.29. The molecule has 0 bridgehead atoms. The Morgan fingerprint density at radius 3 is 2.57 bits per heavy atom. The van der Waals surface area contributed by atoms with Crippen LogP contribution in [0.25, 0.3) is 0 Å². The highest BCUT2D eigenvalue weighted by atomic mass is 35.5. The van der Waals surface area contributed by atoms with Crippen molar-refractivity contribution in [3.05, 3.63) is 52.3 Å². The lowest BCUT2D eigenvalue weighted by atomic mass is 10.2. The van der Waals surface area contributed by atoms with E-state index in [1.54, 1.807) is 19.1 Å². The number of nitrogens with one attached hydrogen (secondary N) is 1. The first-order chi connectivity index (χ1) is 9.83. The lowest BCUT2D eigenvalue weighted by Crippen LogP contribution is -2.15. The summed E-state index contributed by atoms with van der Waals surface area (Å²) in [5.41, 5.74) is 8.02. The number of nitrogens with two attached hydrogens (primary N) is 1. The first kappa shape index (κ1) is 15.8. The molecule has 2 rings (SSSR count). The maximum atomic E-state index is 12.4. The van der Waals surface area contributed by atoms with Crippen LogP contribution in [0.1, 0.15) is 17.0 Å². The molecule has 2 aromatic rings. The number of sulfonamides is 1. The maximum Gasteiger partial charge on any atom is 0.261 e. The zero-order chi connectivity index (χ0) is 15.6. The van der Waals surface area contributed by atoms with Gasteiger partial charge in [-0.3, -0.25) is 9.71 Å². The van der Waals surface area contributed by atoms with Crippen LogP contribution in [0.2, 0.25) is 5.02 Å². The number of hydrogen-bond acceptors (Lipinski definition) is 4. The Labute approximate surface area is 129 Å². The van der Waals surface area contributed by atoms with Gasteiger partial charge in [-0.05, 0) is 49.7 Å². The summed E-state index contributed by atoms with van der Waals surface area (Å²) in [6, 6.07) is 7.88. The Kier molecular flexibility index (Phi) is 4.51. The van der Waals surface area contributed by atoms with Crippen LogP contribution >= 0.6 is 11.6 Å². The molecule has 7 heteroatoms. The fraction of sp³-hybridized carbons (Fsp3) is 0.214. The van der Waals surface area contributed by atoms with Crippen molar-refractivity contribution in [2.75, 3.05) is 4.72 Å². The minimum absolute atomic E-state index is 0.118. The molecule has 0 aliphatic heterocycles. The molecular formula is C14H16ClN3O2S. The van der Waals surface area contributed by atoms with Crippen LogP contribution in [0.3, 0.4) is 0 Å². The summed E-state index contributed by atoms with van der Waals surface area (Å²) in [4.78, 5) is 4.35. The topological polar surface area (TPSA) is 85.1 Å². The Morgan fingerprint density at radius 2 is 1.95 bits per heavy atom. The van der Waals surface area contributed by atoms with Crippen LogP contribution in [-0.2, 0) is 16.6 Å². The average Bonchev–Trinajstić information content (AvgIpc) is 2.42. The third-order valence-electron chi connectivity index (χ3n) is 3.02. The Hall–Kier alpha value is -1.63. The summed E-state index contributed by atoms with van der Waals surface area (Å²) >= 11 is 5.94. The molecule has 0 saturated carbocycles. The molecule has 0 unspecified atom stereocenters. The Balaban J connectivity index is 2.38. The predicted octanol–water partition coefficient (Wildman–Crippen LogP) is 2.61. The van der Waals surface area contributed by atoms with Crippen molar-refractivity contribution >= 4 is 27.3 Å². The zero-order valence-electron chi connectivity index (χ0n) is 11.7. The SMILES string of the molecule is Cc1ccc(NS(=O)(=O)c2ccc(Cl)c(CN)c2)c(C)n1. The minimum Gasteiger partial charge on any atom is -0.326 e. The lowest BCUT2D eigenvalue weighted by molar-refractivity contribution is 0.601. The van der Waals surface area contributed by atoms with Gasteiger partial charge in [-0.1, -0.05) is 11.6 Å². The van der Waals surface area contributed by atoms with Crippen LogP contribution < -0.4 is 10.5 Å². The number of benzene rings is 1. The summed E-state index contributed by atoms with van der Waals surface area (Å²) < 4.78 is 27.3. The van der Waals surface area contributed by atoms with E-state index in [-0.39, 0.29) is 11.4 Å². The van der Waals surface area contributed by atoms with Crippen molar-refractivity contribution in [2.45, 2.75) is 25.3 Å². The second kappa shape index (κ2) is 6.01. The maximum absolute atomic E-state index is 12.4. The molecule has 3 N–H and O–H groups in total. The molecule has 21 heavy (non-hydrogen) atoms. The third kappa shape index (κ3) is 3.53. The summed E-state index contributed by atoms with van der Waals surface area (Å²) in [5.74, 6) is 0. The van der Waals surface area contributed by atoms with Crippen molar-refractivity contribution < 1.29 is 8.42 Å². The number of pyridine rings is 1. The number of aromatic nitrogens is 1. The van der Waals surface area contributed by atoms with Crippen molar-refractivity contribution in [3.8, 4) is 0 Å². The minimum atomic E-state index is -3.70. The van der Waals surface area contributed by atoms with Gasteiger partial charge in [0.05, 0.1) is 16.3 Å². The zero-order valence-corrected chi connectivity index (χ0v) is 13.3. The molecule has 1 heterocycles. The Morgan fingerprint density at radius 1 is 1.24 bits per heavy atom. The molecule has 5 nitrogen and oxygen atoms in total. The van der Waals surface area contributed by atoms with E-state index in [0.29, 0.717) is 22.0 Å².